The highest BCUT2D eigenvalue weighted by Crippen LogP contribution is 2.17. The molecule has 2 amide bonds. The largest absolute Gasteiger partial charge is 0.383 e. The molecule has 1 N–H and O–H groups in total. The average molecular weight is 460 g/mol. The molecule has 0 spiro atoms. The van der Waals surface area contributed by atoms with Crippen molar-refractivity contribution in [3.05, 3.63) is 56.1 Å². The van der Waals surface area contributed by atoms with Gasteiger partial charge in [-0.05, 0) is 35.2 Å². The molecule has 2 heterocycles. The first-order chi connectivity index (χ1) is 15.5. The lowest BCUT2D eigenvalue weighted by Gasteiger charge is -2.22. The van der Waals surface area contributed by atoms with E-state index in [1.807, 2.05) is 16.8 Å². The monoisotopic (exact) mass is 459 g/mol. The minimum absolute atomic E-state index is 0.00384. The molecule has 0 saturated heterocycles. The van der Waals surface area contributed by atoms with Crippen LogP contribution in [0.4, 0.5) is 0 Å². The summed E-state index contributed by atoms with van der Waals surface area (Å²) in [4.78, 5) is 40.9. The van der Waals surface area contributed by atoms with Gasteiger partial charge >= 0.3 is 0 Å². The van der Waals surface area contributed by atoms with Crippen LogP contribution < -0.4 is 10.7 Å². The molecule has 8 heteroatoms. The maximum Gasteiger partial charge on any atom is 0.259 e. The predicted molar refractivity (Wildman–Crippen MR) is 126 cm³/mol. The Balaban J connectivity index is 1.84. The molecule has 32 heavy (non-hydrogen) atoms. The Hall–Kier alpha value is -2.45. The zero-order valence-corrected chi connectivity index (χ0v) is 19.8. The maximum absolute atomic E-state index is 13.2. The molecule has 0 unspecified atom stereocenters. The second-order valence-electron chi connectivity index (χ2n) is 8.45. The number of pyridine rings is 1. The number of carbonyl (C=O) groups excluding carboxylic acids is 2. The zero-order valence-electron chi connectivity index (χ0n) is 19.0. The van der Waals surface area contributed by atoms with Gasteiger partial charge in [0.2, 0.25) is 5.43 Å². The van der Waals surface area contributed by atoms with E-state index in [0.717, 1.165) is 31.2 Å². The van der Waals surface area contributed by atoms with Crippen LogP contribution in [0.5, 0.6) is 0 Å². The van der Waals surface area contributed by atoms with Crippen LogP contribution in [0.15, 0.2) is 34.0 Å². The van der Waals surface area contributed by atoms with Crippen molar-refractivity contribution in [2.75, 3.05) is 20.8 Å². The first kappa shape index (κ1) is 24.2. The van der Waals surface area contributed by atoms with Crippen LogP contribution >= 0.6 is 11.3 Å². The summed E-state index contributed by atoms with van der Waals surface area (Å²) >= 11 is 1.56. The number of rotatable bonds is 8. The molecule has 0 bridgehead atoms. The fourth-order valence-corrected chi connectivity index (χ4v) is 4.73. The minimum atomic E-state index is -0.524. The van der Waals surface area contributed by atoms with E-state index >= 15 is 0 Å². The summed E-state index contributed by atoms with van der Waals surface area (Å²) < 4.78 is 6.85. The molecule has 7 nitrogen and oxygen atoms in total. The van der Waals surface area contributed by atoms with Gasteiger partial charge in [-0.1, -0.05) is 32.1 Å². The van der Waals surface area contributed by atoms with E-state index < -0.39 is 17.2 Å². The summed E-state index contributed by atoms with van der Waals surface area (Å²) in [7, 11) is 3.26. The smallest absolute Gasteiger partial charge is 0.259 e. The van der Waals surface area contributed by atoms with Crippen molar-refractivity contribution >= 4 is 23.2 Å². The lowest BCUT2D eigenvalue weighted by atomic mass is 9.96. The van der Waals surface area contributed by atoms with Gasteiger partial charge < -0.3 is 19.5 Å². The first-order valence-electron chi connectivity index (χ1n) is 11.3. The molecule has 0 atom stereocenters. The molecular weight excluding hydrogens is 426 g/mol. The number of methoxy groups -OCH3 is 1. The van der Waals surface area contributed by atoms with Crippen molar-refractivity contribution in [2.24, 2.45) is 0 Å². The van der Waals surface area contributed by atoms with Gasteiger partial charge in [0.15, 0.2) is 0 Å². The summed E-state index contributed by atoms with van der Waals surface area (Å²) in [5.41, 5.74) is 0.495. The van der Waals surface area contributed by atoms with E-state index in [0.29, 0.717) is 19.7 Å². The van der Waals surface area contributed by atoms with Gasteiger partial charge in [0.1, 0.15) is 11.1 Å². The summed E-state index contributed by atoms with van der Waals surface area (Å²) in [5, 5.41) is 6.97. The molecule has 174 valence electrons. The predicted octanol–water partition coefficient (Wildman–Crippen LogP) is 3.67. The molecule has 1 saturated carbocycles. The molecule has 2 aromatic heterocycles. The molecule has 2 aromatic rings. The lowest BCUT2D eigenvalue weighted by molar-refractivity contribution is 0.0782. The lowest BCUT2D eigenvalue weighted by Crippen LogP contribution is -2.40. The number of hydrogen-bond acceptors (Lipinski definition) is 5. The third-order valence-corrected chi connectivity index (χ3v) is 6.63. The fourth-order valence-electron chi connectivity index (χ4n) is 4.07. The Morgan fingerprint density at radius 2 is 1.84 bits per heavy atom. The van der Waals surface area contributed by atoms with E-state index in [1.54, 1.807) is 30.1 Å². The Morgan fingerprint density at radius 3 is 2.50 bits per heavy atom. The summed E-state index contributed by atoms with van der Waals surface area (Å²) in [6.07, 6.45) is 10.7. The summed E-state index contributed by atoms with van der Waals surface area (Å²) in [6, 6.07) is 2.01. The van der Waals surface area contributed by atoms with Crippen LogP contribution in [0.1, 0.15) is 71.2 Å². The second kappa shape index (κ2) is 12.0. The van der Waals surface area contributed by atoms with Crippen LogP contribution in [-0.2, 0) is 17.8 Å². The molecular formula is C24H33N3O4S. The second-order valence-corrected chi connectivity index (χ2v) is 9.23. The number of carbonyl (C=O) groups is 2. The van der Waals surface area contributed by atoms with Gasteiger partial charge in [0, 0.05) is 45.7 Å². The highest BCUT2D eigenvalue weighted by Gasteiger charge is 2.23. The van der Waals surface area contributed by atoms with Gasteiger partial charge in [0.05, 0.1) is 6.61 Å². The number of aromatic nitrogens is 1. The van der Waals surface area contributed by atoms with Crippen LogP contribution in [0, 0.1) is 0 Å². The molecule has 1 fully saturated rings. The van der Waals surface area contributed by atoms with Crippen LogP contribution in [-0.4, -0.2) is 48.1 Å². The van der Waals surface area contributed by atoms with E-state index in [4.69, 9.17) is 4.74 Å². The summed E-state index contributed by atoms with van der Waals surface area (Å²) in [6.45, 7) is 1.25. The Bertz CT molecular complexity index is 947. The number of ether oxygens (including phenoxy) is 1. The Morgan fingerprint density at radius 1 is 1.16 bits per heavy atom. The van der Waals surface area contributed by atoms with E-state index in [9.17, 15) is 14.4 Å². The standard InChI is InChI=1S/C24H33N3O4S/c1-26(14-18-10-13-32-17-18)24(30)21-16-27(11-12-31-2)15-20(22(21)28)23(29)25-19-8-6-4-3-5-7-9-19/h10,13,15-17,19H,3-9,11-12,14H2,1-2H3,(H,25,29). The maximum atomic E-state index is 13.2. The van der Waals surface area contributed by atoms with Gasteiger partial charge in [-0.3, -0.25) is 14.4 Å². The molecule has 0 radical (unpaired) electrons. The van der Waals surface area contributed by atoms with Crippen molar-refractivity contribution in [2.45, 2.75) is 64.1 Å². The van der Waals surface area contributed by atoms with Gasteiger partial charge in [-0.25, -0.2) is 0 Å². The van der Waals surface area contributed by atoms with Crippen molar-refractivity contribution in [3.63, 3.8) is 0 Å². The Kier molecular flexibility index (Phi) is 9.05. The SMILES string of the molecule is COCCn1cc(C(=O)NC2CCCCCCC2)c(=O)c(C(=O)N(C)Cc2ccsc2)c1. The van der Waals surface area contributed by atoms with Crippen molar-refractivity contribution in [3.8, 4) is 0 Å². The molecule has 0 aromatic carbocycles. The number of hydrogen-bond donors (Lipinski definition) is 1. The quantitative estimate of drug-likeness (QED) is 0.653. The van der Waals surface area contributed by atoms with Gasteiger partial charge in [-0.15, -0.1) is 0 Å². The van der Waals surface area contributed by atoms with E-state index in [2.05, 4.69) is 5.32 Å². The topological polar surface area (TPSA) is 80.6 Å². The van der Waals surface area contributed by atoms with Gasteiger partial charge in [0.25, 0.3) is 11.8 Å². The highest BCUT2D eigenvalue weighted by atomic mass is 32.1. The fraction of sp³-hybridized carbons (Fsp3) is 0.542. The van der Waals surface area contributed by atoms with Crippen LogP contribution in [0.3, 0.4) is 0 Å². The normalized spacial score (nSPS) is 15.1. The van der Waals surface area contributed by atoms with Crippen molar-refractivity contribution in [1.82, 2.24) is 14.8 Å². The first-order valence-corrected chi connectivity index (χ1v) is 12.2. The van der Waals surface area contributed by atoms with E-state index in [-0.39, 0.29) is 17.2 Å². The number of amides is 2. The van der Waals surface area contributed by atoms with Crippen molar-refractivity contribution < 1.29 is 14.3 Å². The zero-order chi connectivity index (χ0) is 22.9. The number of nitrogens with zero attached hydrogens (tertiary/aromatic N) is 2. The molecule has 1 aliphatic rings. The highest BCUT2D eigenvalue weighted by molar-refractivity contribution is 7.07. The Labute approximate surface area is 193 Å². The minimum Gasteiger partial charge on any atom is -0.383 e. The third-order valence-electron chi connectivity index (χ3n) is 5.89. The van der Waals surface area contributed by atoms with E-state index in [1.165, 1.54) is 36.6 Å². The van der Waals surface area contributed by atoms with Gasteiger partial charge in [-0.2, -0.15) is 11.3 Å². The summed E-state index contributed by atoms with van der Waals surface area (Å²) in [5.74, 6) is -0.796. The number of thiophene rings is 1. The third kappa shape index (κ3) is 6.53. The number of nitrogens with one attached hydrogen (secondary N) is 1. The molecule has 0 aliphatic heterocycles. The van der Waals surface area contributed by atoms with Crippen molar-refractivity contribution in [1.29, 1.82) is 0 Å². The average Bonchev–Trinajstić information content (AvgIpc) is 3.27. The van der Waals surface area contributed by atoms with Crippen LogP contribution in [0.25, 0.3) is 0 Å². The molecule has 1 aliphatic carbocycles. The molecule has 3 rings (SSSR count). The van der Waals surface area contributed by atoms with Crippen LogP contribution in [0.2, 0.25) is 0 Å².